The maximum atomic E-state index is 8.79. The van der Waals surface area contributed by atoms with Gasteiger partial charge in [-0.2, -0.15) is 0 Å². The molecule has 0 aliphatic heterocycles. The number of rotatable bonds is 0. The van der Waals surface area contributed by atoms with Gasteiger partial charge in [-0.3, -0.25) is 4.79 Å². The first kappa shape index (κ1) is 9.39. The monoisotopic (exact) mass is 267 g/mol. The van der Waals surface area contributed by atoms with Gasteiger partial charge in [0.25, 0.3) is 0 Å². The van der Waals surface area contributed by atoms with E-state index < -0.39 is 0 Å². The summed E-state index contributed by atoms with van der Waals surface area (Å²) in [7, 11) is 0. The van der Waals surface area contributed by atoms with Crippen molar-refractivity contribution in [2.45, 2.75) is 6.92 Å². The molecule has 0 amide bonds. The number of carbonyl (C=O) groups excluding carboxylic acids is 2. The van der Waals surface area contributed by atoms with Gasteiger partial charge in [0.15, 0.2) is 6.29 Å². The van der Waals surface area contributed by atoms with E-state index in [4.69, 9.17) is 9.59 Å². The van der Waals surface area contributed by atoms with Crippen molar-refractivity contribution in [3.63, 3.8) is 0 Å². The third-order valence-corrected chi connectivity index (χ3v) is 0. The molecule has 0 saturated heterocycles. The SMILES string of the molecule is C[C]=O.O=[CH][Pt]. The fraction of sp³-hybridized carbons (Fsp3) is 0.333. The molecule has 38 valence electrons. The summed E-state index contributed by atoms with van der Waals surface area (Å²) in [6.07, 6.45) is 1.50. The first-order valence-corrected chi connectivity index (χ1v) is 2.43. The molecule has 0 spiro atoms. The van der Waals surface area contributed by atoms with Gasteiger partial charge in [-0.1, -0.05) is 0 Å². The van der Waals surface area contributed by atoms with Crippen LogP contribution < -0.4 is 0 Å². The van der Waals surface area contributed by atoms with Crippen LogP contribution in [-0.2, 0) is 29.4 Å². The average molecular weight is 267 g/mol. The van der Waals surface area contributed by atoms with Crippen LogP contribution in [0.15, 0.2) is 0 Å². The Morgan fingerprint density at radius 2 is 1.83 bits per heavy atom. The summed E-state index contributed by atoms with van der Waals surface area (Å²) >= 11 is 1.60. The van der Waals surface area contributed by atoms with Crippen molar-refractivity contribution in [1.82, 2.24) is 0 Å². The van der Waals surface area contributed by atoms with Gasteiger partial charge >= 0.3 is 29.3 Å². The van der Waals surface area contributed by atoms with Gasteiger partial charge in [0.1, 0.15) is 0 Å². The Balaban J connectivity index is 0. The third-order valence-electron chi connectivity index (χ3n) is 0. The Kier molecular flexibility index (Phi) is 31.0. The van der Waals surface area contributed by atoms with Crippen LogP contribution >= 0.6 is 0 Å². The second-order valence-corrected chi connectivity index (χ2v) is 0.814. The molecule has 0 N–H and O–H groups in total. The Bertz CT molecular complexity index is 29.8. The summed E-state index contributed by atoms with van der Waals surface area (Å²) < 4.78 is 0.722. The van der Waals surface area contributed by atoms with Gasteiger partial charge in [0.05, 0.1) is 0 Å². The molecule has 0 unspecified atom stereocenters. The average Bonchev–Trinajstić information content (AvgIpc) is 1.39. The number of hydrogen-bond acceptors (Lipinski definition) is 2. The van der Waals surface area contributed by atoms with Crippen molar-refractivity contribution in [3.05, 3.63) is 0 Å². The van der Waals surface area contributed by atoms with Gasteiger partial charge in [0, 0.05) is 6.92 Å². The molecule has 0 heterocycles. The molecular weight excluding hydrogens is 263 g/mol. The van der Waals surface area contributed by atoms with Gasteiger partial charge < -0.3 is 0 Å². The second kappa shape index (κ2) is 19.8. The van der Waals surface area contributed by atoms with Crippen LogP contribution in [0.25, 0.3) is 0 Å². The molecule has 2 nitrogen and oxygen atoms in total. The van der Waals surface area contributed by atoms with Crippen molar-refractivity contribution in [2.75, 3.05) is 0 Å². The predicted molar refractivity (Wildman–Crippen MR) is 18.1 cm³/mol. The van der Waals surface area contributed by atoms with E-state index in [2.05, 4.69) is 0 Å². The van der Waals surface area contributed by atoms with E-state index in [1.807, 2.05) is 0 Å². The van der Waals surface area contributed by atoms with Gasteiger partial charge in [-0.25, -0.2) is 0 Å². The van der Waals surface area contributed by atoms with E-state index in [-0.39, 0.29) is 0 Å². The minimum absolute atomic E-state index is 0.722. The Labute approximate surface area is 47.8 Å². The first-order chi connectivity index (χ1) is 2.83. The maximum absolute atomic E-state index is 8.79. The van der Waals surface area contributed by atoms with E-state index >= 15 is 0 Å². The van der Waals surface area contributed by atoms with Gasteiger partial charge in [-0.15, -0.1) is 0 Å². The van der Waals surface area contributed by atoms with Crippen molar-refractivity contribution in [3.8, 4) is 0 Å². The zero-order valence-electron chi connectivity index (χ0n) is 3.21. The summed E-state index contributed by atoms with van der Waals surface area (Å²) in [6.45, 7) is 1.32. The summed E-state index contributed by atoms with van der Waals surface area (Å²) in [4.78, 5) is 17.5. The Morgan fingerprint density at radius 3 is 1.83 bits per heavy atom. The zero-order valence-corrected chi connectivity index (χ0v) is 5.48. The molecular formula is C3H4O2Pt. The standard InChI is InChI=1S/C2H3O.CHO.Pt/c1-2-3;1-2;/h1H3;1H;. The molecule has 6 heavy (non-hydrogen) atoms. The minimum atomic E-state index is 0.722. The van der Waals surface area contributed by atoms with E-state index in [0.717, 1.165) is 4.68 Å². The predicted octanol–water partition coefficient (Wildman–Crippen LogP) is -0.161. The van der Waals surface area contributed by atoms with Crippen LogP contribution in [-0.4, -0.2) is 11.0 Å². The van der Waals surface area contributed by atoms with Gasteiger partial charge in [-0.05, 0) is 0 Å². The molecule has 0 aromatic heterocycles. The van der Waals surface area contributed by atoms with E-state index in [1.54, 1.807) is 19.8 Å². The van der Waals surface area contributed by atoms with E-state index in [9.17, 15) is 0 Å². The second-order valence-electron chi connectivity index (χ2n) is 0.279. The Morgan fingerprint density at radius 1 is 1.83 bits per heavy atom. The summed E-state index contributed by atoms with van der Waals surface area (Å²) in [6, 6.07) is 0. The molecule has 0 aliphatic carbocycles. The van der Waals surface area contributed by atoms with Crippen LogP contribution in [0.5, 0.6) is 0 Å². The molecule has 0 rings (SSSR count). The summed E-state index contributed by atoms with van der Waals surface area (Å²) in [5.41, 5.74) is 0. The quantitative estimate of drug-likeness (QED) is 0.571. The van der Waals surface area contributed by atoms with Gasteiger partial charge in [0.2, 0.25) is 0 Å². The molecule has 0 aromatic rings. The fourth-order valence-electron chi connectivity index (χ4n) is 0. The topological polar surface area (TPSA) is 34.1 Å². The molecule has 0 bridgehead atoms. The zero-order chi connectivity index (χ0) is 5.41. The number of carbonyl (C=O) groups is 1. The van der Waals surface area contributed by atoms with Crippen LogP contribution in [0.3, 0.4) is 0 Å². The first-order valence-electron chi connectivity index (χ1n) is 1.12. The van der Waals surface area contributed by atoms with Crippen LogP contribution in [0.2, 0.25) is 0 Å². The van der Waals surface area contributed by atoms with Crippen LogP contribution in [0, 0.1) is 0 Å². The van der Waals surface area contributed by atoms with E-state index in [0.29, 0.717) is 0 Å². The normalized spacial score (nSPS) is 4.50. The van der Waals surface area contributed by atoms with Crippen molar-refractivity contribution < 1.29 is 29.4 Å². The molecule has 0 aliphatic rings. The molecule has 0 atom stereocenters. The molecule has 0 aromatic carbocycles. The Hall–Kier alpha value is 0.0283. The molecule has 1 radical (unpaired) electrons. The van der Waals surface area contributed by atoms with Crippen molar-refractivity contribution in [1.29, 1.82) is 0 Å². The summed E-state index contributed by atoms with van der Waals surface area (Å²) in [5, 5.41) is 0. The molecule has 0 saturated carbocycles. The third kappa shape index (κ3) is 46100. The van der Waals surface area contributed by atoms with E-state index in [1.165, 1.54) is 13.2 Å². The fourth-order valence-corrected chi connectivity index (χ4v) is 0. The van der Waals surface area contributed by atoms with Crippen LogP contribution in [0.4, 0.5) is 0 Å². The van der Waals surface area contributed by atoms with Crippen molar-refractivity contribution >= 4 is 11.0 Å². The number of hydrogen-bond donors (Lipinski definition) is 0. The molecule has 0 fully saturated rings. The molecule has 3 heteroatoms. The van der Waals surface area contributed by atoms with Crippen LogP contribution in [0.1, 0.15) is 6.92 Å². The van der Waals surface area contributed by atoms with Crippen molar-refractivity contribution in [2.24, 2.45) is 0 Å². The summed E-state index contributed by atoms with van der Waals surface area (Å²) in [5.74, 6) is 0.